The Morgan fingerprint density at radius 3 is 3.00 bits per heavy atom. The van der Waals surface area contributed by atoms with Crippen molar-refractivity contribution in [3.8, 4) is 5.75 Å². The van der Waals surface area contributed by atoms with Gasteiger partial charge in [0.2, 0.25) is 0 Å². The van der Waals surface area contributed by atoms with Crippen molar-refractivity contribution in [1.82, 2.24) is 14.4 Å². The number of nitrogens with zero attached hydrogens (tertiary/aromatic N) is 3. The van der Waals surface area contributed by atoms with Gasteiger partial charge >= 0.3 is 0 Å². The molecule has 0 spiro atoms. The lowest BCUT2D eigenvalue weighted by Crippen LogP contribution is -2.26. The highest BCUT2D eigenvalue weighted by molar-refractivity contribution is 7.22. The number of carbonyl (C=O) groups is 1. The van der Waals surface area contributed by atoms with Gasteiger partial charge in [0.15, 0.2) is 16.5 Å². The van der Waals surface area contributed by atoms with Crippen LogP contribution in [0, 0.1) is 5.82 Å². The van der Waals surface area contributed by atoms with Gasteiger partial charge in [0.25, 0.3) is 11.5 Å². The molecule has 0 radical (unpaired) electrons. The Bertz CT molecular complexity index is 1200. The molecular weight excluding hydrogens is 347 g/mol. The topological polar surface area (TPSA) is 96.6 Å². The number of amides is 1. The van der Waals surface area contributed by atoms with Gasteiger partial charge in [-0.25, -0.2) is 14.4 Å². The second kappa shape index (κ2) is 5.64. The number of carbonyl (C=O) groups excluding carboxylic acids is 1. The molecule has 0 saturated heterocycles. The van der Waals surface area contributed by atoms with E-state index < -0.39 is 17.3 Å². The minimum atomic E-state index is -0.685. The summed E-state index contributed by atoms with van der Waals surface area (Å²) >= 11 is 1.09. The van der Waals surface area contributed by atoms with Crippen LogP contribution in [0.2, 0.25) is 0 Å². The number of hydrogen-bond donors (Lipinski definition) is 2. The van der Waals surface area contributed by atoms with Gasteiger partial charge in [0.1, 0.15) is 11.4 Å². The van der Waals surface area contributed by atoms with Crippen molar-refractivity contribution in [2.24, 2.45) is 0 Å². The van der Waals surface area contributed by atoms with Crippen molar-refractivity contribution in [3.05, 3.63) is 64.5 Å². The number of aromatic nitrogens is 3. The van der Waals surface area contributed by atoms with Crippen molar-refractivity contribution in [3.63, 3.8) is 0 Å². The normalized spacial score (nSPS) is 11.1. The molecule has 9 heteroatoms. The van der Waals surface area contributed by atoms with Crippen LogP contribution in [0.1, 0.15) is 10.4 Å². The van der Waals surface area contributed by atoms with Crippen LogP contribution in [0.25, 0.3) is 15.9 Å². The molecule has 0 atom stereocenters. The predicted molar refractivity (Wildman–Crippen MR) is 90.7 cm³/mol. The van der Waals surface area contributed by atoms with Crippen molar-refractivity contribution in [1.29, 1.82) is 0 Å². The third-order valence-electron chi connectivity index (χ3n) is 3.53. The summed E-state index contributed by atoms with van der Waals surface area (Å²) in [4.78, 5) is 32.9. The fraction of sp³-hybridized carbons (Fsp3) is 0. The largest absolute Gasteiger partial charge is 0.504 e. The third kappa shape index (κ3) is 2.60. The first-order valence-corrected chi connectivity index (χ1v) is 7.91. The number of thiazole rings is 1. The molecule has 124 valence electrons. The number of benzene rings is 1. The average molecular weight is 356 g/mol. The third-order valence-corrected chi connectivity index (χ3v) is 4.46. The molecule has 0 unspecified atom stereocenters. The van der Waals surface area contributed by atoms with E-state index in [0.717, 1.165) is 21.9 Å². The first-order valence-electron chi connectivity index (χ1n) is 7.10. The Labute approximate surface area is 143 Å². The zero-order valence-electron chi connectivity index (χ0n) is 12.4. The standard InChI is InChI=1S/C16H9FN4O3S/c17-8-3-4-10-12(6-8)25-16(19-10)20-14(23)9-7-18-13-11(22)2-1-5-21(13)15(9)24/h1-7,22H,(H,19,20,23). The molecule has 7 nitrogen and oxygen atoms in total. The number of rotatable bonds is 2. The van der Waals surface area contributed by atoms with Gasteiger partial charge in [-0.05, 0) is 30.3 Å². The average Bonchev–Trinajstić information content (AvgIpc) is 2.97. The molecule has 0 aliphatic rings. The summed E-state index contributed by atoms with van der Waals surface area (Å²) in [5.74, 6) is -1.25. The number of pyridine rings is 1. The number of fused-ring (bicyclic) bond motifs is 2. The fourth-order valence-electron chi connectivity index (χ4n) is 2.36. The van der Waals surface area contributed by atoms with E-state index in [1.54, 1.807) is 0 Å². The first-order chi connectivity index (χ1) is 12.0. The highest BCUT2D eigenvalue weighted by Gasteiger charge is 2.16. The zero-order chi connectivity index (χ0) is 17.6. The predicted octanol–water partition coefficient (Wildman–Crippen LogP) is 2.40. The molecule has 4 rings (SSSR count). The summed E-state index contributed by atoms with van der Waals surface area (Å²) in [6, 6.07) is 6.96. The summed E-state index contributed by atoms with van der Waals surface area (Å²) in [6.07, 6.45) is 2.50. The van der Waals surface area contributed by atoms with Crippen LogP contribution >= 0.6 is 11.3 Å². The first kappa shape index (κ1) is 15.2. The second-order valence-electron chi connectivity index (χ2n) is 5.15. The van der Waals surface area contributed by atoms with E-state index >= 15 is 0 Å². The Morgan fingerprint density at radius 2 is 2.16 bits per heavy atom. The Hall–Kier alpha value is -3.33. The van der Waals surface area contributed by atoms with Gasteiger partial charge in [0.05, 0.1) is 10.2 Å². The minimum Gasteiger partial charge on any atom is -0.504 e. The molecule has 1 aromatic carbocycles. The molecular formula is C16H9FN4O3S. The lowest BCUT2D eigenvalue weighted by molar-refractivity contribution is 0.102. The summed E-state index contributed by atoms with van der Waals surface area (Å²) < 4.78 is 14.9. The fourth-order valence-corrected chi connectivity index (χ4v) is 3.25. The van der Waals surface area contributed by atoms with E-state index in [2.05, 4.69) is 15.3 Å². The monoisotopic (exact) mass is 356 g/mol. The second-order valence-corrected chi connectivity index (χ2v) is 6.18. The van der Waals surface area contributed by atoms with Crippen molar-refractivity contribution >= 4 is 38.2 Å². The molecule has 2 N–H and O–H groups in total. The summed E-state index contributed by atoms with van der Waals surface area (Å²) in [5.41, 5.74) is -0.224. The lowest BCUT2D eigenvalue weighted by atomic mass is 10.3. The van der Waals surface area contributed by atoms with Gasteiger partial charge in [0, 0.05) is 12.4 Å². The molecule has 0 aliphatic heterocycles. The quantitative estimate of drug-likeness (QED) is 0.575. The molecule has 0 saturated carbocycles. The van der Waals surface area contributed by atoms with Gasteiger partial charge < -0.3 is 5.11 Å². The van der Waals surface area contributed by atoms with E-state index in [1.165, 1.54) is 36.5 Å². The lowest BCUT2D eigenvalue weighted by Gasteiger charge is -2.04. The van der Waals surface area contributed by atoms with Crippen LogP contribution in [0.3, 0.4) is 0 Å². The minimum absolute atomic E-state index is 0.0551. The van der Waals surface area contributed by atoms with Crippen LogP contribution in [0.4, 0.5) is 9.52 Å². The van der Waals surface area contributed by atoms with E-state index in [1.807, 2.05) is 0 Å². The van der Waals surface area contributed by atoms with E-state index in [9.17, 15) is 19.1 Å². The van der Waals surface area contributed by atoms with Crippen LogP contribution in [-0.4, -0.2) is 25.4 Å². The van der Waals surface area contributed by atoms with E-state index in [4.69, 9.17) is 0 Å². The zero-order valence-corrected chi connectivity index (χ0v) is 13.2. The number of nitrogens with one attached hydrogen (secondary N) is 1. The maximum atomic E-state index is 13.2. The molecule has 4 aromatic rings. The van der Waals surface area contributed by atoms with Crippen LogP contribution in [0.15, 0.2) is 47.5 Å². The molecule has 1 amide bonds. The summed E-state index contributed by atoms with van der Waals surface area (Å²) in [5, 5.41) is 12.5. The smallest absolute Gasteiger partial charge is 0.270 e. The van der Waals surface area contributed by atoms with Crippen LogP contribution in [0.5, 0.6) is 5.75 Å². The van der Waals surface area contributed by atoms with Gasteiger partial charge in [-0.15, -0.1) is 0 Å². The molecule has 3 heterocycles. The highest BCUT2D eigenvalue weighted by Crippen LogP contribution is 2.26. The maximum Gasteiger partial charge on any atom is 0.270 e. The molecule has 0 bridgehead atoms. The summed E-state index contributed by atoms with van der Waals surface area (Å²) in [7, 11) is 0. The number of halogens is 1. The van der Waals surface area contributed by atoms with Crippen molar-refractivity contribution < 1.29 is 14.3 Å². The maximum absolute atomic E-state index is 13.2. The van der Waals surface area contributed by atoms with Gasteiger partial charge in [-0.2, -0.15) is 0 Å². The number of aromatic hydroxyl groups is 1. The van der Waals surface area contributed by atoms with Gasteiger partial charge in [-0.1, -0.05) is 11.3 Å². The van der Waals surface area contributed by atoms with Crippen molar-refractivity contribution in [2.45, 2.75) is 0 Å². The molecule has 3 aromatic heterocycles. The van der Waals surface area contributed by atoms with E-state index in [-0.39, 0.29) is 22.1 Å². The van der Waals surface area contributed by atoms with Crippen molar-refractivity contribution in [2.75, 3.05) is 5.32 Å². The molecule has 0 fully saturated rings. The summed E-state index contributed by atoms with van der Waals surface area (Å²) in [6.45, 7) is 0. The number of anilines is 1. The Balaban J connectivity index is 1.72. The Morgan fingerprint density at radius 1 is 1.32 bits per heavy atom. The molecule has 0 aliphatic carbocycles. The highest BCUT2D eigenvalue weighted by atomic mass is 32.1. The van der Waals surface area contributed by atoms with Crippen LogP contribution < -0.4 is 10.9 Å². The van der Waals surface area contributed by atoms with Gasteiger partial charge in [-0.3, -0.25) is 19.3 Å². The number of hydrogen-bond acceptors (Lipinski definition) is 6. The van der Waals surface area contributed by atoms with Crippen LogP contribution in [-0.2, 0) is 0 Å². The molecule has 25 heavy (non-hydrogen) atoms. The Kier molecular flexibility index (Phi) is 3.43. The van der Waals surface area contributed by atoms with E-state index in [0.29, 0.717) is 10.2 Å². The SMILES string of the molecule is O=C(Nc1nc2ccc(F)cc2s1)c1cnc2c(O)cccn2c1=O.